The molecule has 0 saturated carbocycles. The number of carbonyl (C=O) groups excluding carboxylic acids is 3. The number of Topliss-reactive ketones (excluding diaryl/α,β-unsaturated/α-hetero) is 1. The molecule has 1 fully saturated rings. The van der Waals surface area contributed by atoms with Gasteiger partial charge in [-0.25, -0.2) is 0 Å². The minimum Gasteiger partial charge on any atom is -0.507 e. The Kier molecular flexibility index (Phi) is 5.82. The predicted molar refractivity (Wildman–Crippen MR) is 108 cm³/mol. The molecular weight excluding hydrogens is 370 g/mol. The molecular formula is C23H23NO5. The molecule has 150 valence electrons. The molecule has 6 heteroatoms. The second-order valence-electron chi connectivity index (χ2n) is 7.02. The van der Waals surface area contributed by atoms with Crippen molar-refractivity contribution in [2.45, 2.75) is 33.2 Å². The third-order valence-electron chi connectivity index (χ3n) is 4.79. The Labute approximate surface area is 169 Å². The van der Waals surface area contributed by atoms with Crippen molar-refractivity contribution >= 4 is 23.4 Å². The topological polar surface area (TPSA) is 83.9 Å². The quantitative estimate of drug-likeness (QED) is 0.275. The first-order valence-corrected chi connectivity index (χ1v) is 9.47. The number of aryl methyl sites for hydroxylation is 1. The molecule has 1 amide bonds. The second kappa shape index (κ2) is 8.31. The Morgan fingerprint density at radius 1 is 1.07 bits per heavy atom. The van der Waals surface area contributed by atoms with Gasteiger partial charge in [0.25, 0.3) is 11.7 Å². The van der Waals surface area contributed by atoms with Crippen molar-refractivity contribution in [3.63, 3.8) is 0 Å². The van der Waals surface area contributed by atoms with Gasteiger partial charge in [0.05, 0.1) is 11.6 Å². The third-order valence-corrected chi connectivity index (χ3v) is 4.79. The fourth-order valence-electron chi connectivity index (χ4n) is 3.45. The minimum absolute atomic E-state index is 0.0625. The molecule has 0 aromatic heterocycles. The highest BCUT2D eigenvalue weighted by Gasteiger charge is 2.45. The summed E-state index contributed by atoms with van der Waals surface area (Å²) in [5, 5.41) is 10.9. The van der Waals surface area contributed by atoms with Crippen LogP contribution in [0.5, 0.6) is 5.75 Å². The number of aliphatic hydroxyl groups is 1. The lowest BCUT2D eigenvalue weighted by Gasteiger charge is -2.25. The van der Waals surface area contributed by atoms with Crippen molar-refractivity contribution in [1.82, 2.24) is 4.90 Å². The lowest BCUT2D eigenvalue weighted by atomic mass is 9.95. The van der Waals surface area contributed by atoms with Gasteiger partial charge >= 0.3 is 5.97 Å². The maximum absolute atomic E-state index is 12.8. The SMILES string of the molecule is CCCN1C(=O)C(=O)/C(=C(\O)c2ccc(C)cc2)C1c1ccc(OC(C)=O)cc1. The molecule has 1 heterocycles. The summed E-state index contributed by atoms with van der Waals surface area (Å²) in [6.45, 7) is 5.53. The Balaban J connectivity index is 2.10. The van der Waals surface area contributed by atoms with Crippen LogP contribution in [-0.2, 0) is 14.4 Å². The average molecular weight is 393 g/mol. The van der Waals surface area contributed by atoms with E-state index in [0.717, 1.165) is 5.56 Å². The largest absolute Gasteiger partial charge is 0.507 e. The zero-order valence-electron chi connectivity index (χ0n) is 16.6. The number of esters is 1. The fraction of sp³-hybridized carbons (Fsp3) is 0.261. The van der Waals surface area contributed by atoms with Gasteiger partial charge in [-0.05, 0) is 31.0 Å². The summed E-state index contributed by atoms with van der Waals surface area (Å²) in [7, 11) is 0. The number of likely N-dealkylation sites (tertiary alicyclic amines) is 1. The third kappa shape index (κ3) is 4.06. The molecule has 1 aliphatic heterocycles. The minimum atomic E-state index is -0.706. The number of amides is 1. The van der Waals surface area contributed by atoms with Crippen molar-refractivity contribution in [3.8, 4) is 5.75 Å². The standard InChI is InChI=1S/C23H23NO5/c1-4-13-24-20(16-9-11-18(12-10-16)29-15(3)25)19(22(27)23(24)28)21(26)17-7-5-14(2)6-8-17/h5-12,20,26H,4,13H2,1-3H3/b21-19-. The average Bonchev–Trinajstić information content (AvgIpc) is 2.93. The van der Waals surface area contributed by atoms with Crippen molar-refractivity contribution in [3.05, 3.63) is 70.8 Å². The first-order valence-electron chi connectivity index (χ1n) is 9.47. The van der Waals surface area contributed by atoms with E-state index in [0.29, 0.717) is 29.8 Å². The summed E-state index contributed by atoms with van der Waals surface area (Å²) in [6.07, 6.45) is 0.666. The Morgan fingerprint density at radius 2 is 1.69 bits per heavy atom. The van der Waals surface area contributed by atoms with Crippen LogP contribution >= 0.6 is 0 Å². The Hall–Kier alpha value is -3.41. The van der Waals surface area contributed by atoms with Crippen LogP contribution in [0.15, 0.2) is 54.1 Å². The molecule has 1 saturated heterocycles. The number of hydrogen-bond donors (Lipinski definition) is 1. The van der Waals surface area contributed by atoms with Gasteiger partial charge in [0, 0.05) is 19.0 Å². The molecule has 6 nitrogen and oxygen atoms in total. The first-order chi connectivity index (χ1) is 13.8. The number of ketones is 1. The lowest BCUT2D eigenvalue weighted by molar-refractivity contribution is -0.139. The first kappa shape index (κ1) is 20.3. The molecule has 29 heavy (non-hydrogen) atoms. The number of benzene rings is 2. The van der Waals surface area contributed by atoms with Crippen molar-refractivity contribution < 1.29 is 24.2 Å². The van der Waals surface area contributed by atoms with Gasteiger partial charge < -0.3 is 14.7 Å². The molecule has 3 rings (SSSR count). The van der Waals surface area contributed by atoms with Gasteiger partial charge in [-0.3, -0.25) is 14.4 Å². The van der Waals surface area contributed by atoms with Crippen LogP contribution in [0.2, 0.25) is 0 Å². The van der Waals surface area contributed by atoms with E-state index in [9.17, 15) is 19.5 Å². The van der Waals surface area contributed by atoms with E-state index in [1.165, 1.54) is 11.8 Å². The van der Waals surface area contributed by atoms with E-state index >= 15 is 0 Å². The summed E-state index contributed by atoms with van der Waals surface area (Å²) in [5.41, 5.74) is 2.21. The van der Waals surface area contributed by atoms with E-state index < -0.39 is 23.7 Å². The highest BCUT2D eigenvalue weighted by atomic mass is 16.5. The normalized spacial score (nSPS) is 18.2. The molecule has 1 N–H and O–H groups in total. The number of rotatable bonds is 5. The van der Waals surface area contributed by atoms with Gasteiger partial charge in [0.1, 0.15) is 11.5 Å². The van der Waals surface area contributed by atoms with Gasteiger partial charge in [0.2, 0.25) is 0 Å². The van der Waals surface area contributed by atoms with Crippen molar-refractivity contribution in [2.75, 3.05) is 6.54 Å². The van der Waals surface area contributed by atoms with Gasteiger partial charge in [-0.15, -0.1) is 0 Å². The van der Waals surface area contributed by atoms with Crippen LogP contribution in [0.4, 0.5) is 0 Å². The maximum Gasteiger partial charge on any atom is 0.308 e. The Morgan fingerprint density at radius 3 is 2.24 bits per heavy atom. The zero-order chi connectivity index (χ0) is 21.1. The fourth-order valence-corrected chi connectivity index (χ4v) is 3.45. The highest BCUT2D eigenvalue weighted by Crippen LogP contribution is 2.39. The molecule has 0 spiro atoms. The number of carbonyl (C=O) groups is 3. The number of nitrogens with zero attached hydrogens (tertiary/aromatic N) is 1. The van der Waals surface area contributed by atoms with Crippen molar-refractivity contribution in [1.29, 1.82) is 0 Å². The van der Waals surface area contributed by atoms with Crippen LogP contribution in [-0.4, -0.2) is 34.2 Å². The summed E-state index contributed by atoms with van der Waals surface area (Å²) in [6, 6.07) is 13.0. The van der Waals surface area contributed by atoms with E-state index in [2.05, 4.69) is 0 Å². The molecule has 0 radical (unpaired) electrons. The Bertz CT molecular complexity index is 973. The van der Waals surface area contributed by atoms with E-state index in [-0.39, 0.29) is 11.3 Å². The van der Waals surface area contributed by atoms with Gasteiger partial charge in [0.15, 0.2) is 0 Å². The molecule has 0 aliphatic carbocycles. The summed E-state index contributed by atoms with van der Waals surface area (Å²) in [5.74, 6) is -1.60. The van der Waals surface area contributed by atoms with Crippen LogP contribution in [0.3, 0.4) is 0 Å². The molecule has 2 aromatic carbocycles. The molecule has 1 unspecified atom stereocenters. The van der Waals surface area contributed by atoms with Crippen LogP contribution in [0.25, 0.3) is 5.76 Å². The maximum atomic E-state index is 12.8. The predicted octanol–water partition coefficient (Wildman–Crippen LogP) is 3.75. The lowest BCUT2D eigenvalue weighted by Crippen LogP contribution is -2.30. The second-order valence-corrected chi connectivity index (χ2v) is 7.02. The van der Waals surface area contributed by atoms with Gasteiger partial charge in [-0.2, -0.15) is 0 Å². The van der Waals surface area contributed by atoms with E-state index in [1.807, 2.05) is 26.0 Å². The van der Waals surface area contributed by atoms with Crippen LogP contribution in [0.1, 0.15) is 43.0 Å². The number of aliphatic hydroxyl groups excluding tert-OH is 1. The number of hydrogen-bond acceptors (Lipinski definition) is 5. The highest BCUT2D eigenvalue weighted by molar-refractivity contribution is 6.46. The van der Waals surface area contributed by atoms with E-state index in [4.69, 9.17) is 4.74 Å². The molecule has 2 aromatic rings. The molecule has 0 bridgehead atoms. The zero-order valence-corrected chi connectivity index (χ0v) is 16.6. The summed E-state index contributed by atoms with van der Waals surface area (Å²) < 4.78 is 5.06. The van der Waals surface area contributed by atoms with Gasteiger partial charge in [-0.1, -0.05) is 48.9 Å². The smallest absolute Gasteiger partial charge is 0.308 e. The molecule has 1 aliphatic rings. The van der Waals surface area contributed by atoms with Crippen LogP contribution < -0.4 is 4.74 Å². The number of ether oxygens (including phenoxy) is 1. The van der Waals surface area contributed by atoms with E-state index in [1.54, 1.807) is 36.4 Å². The van der Waals surface area contributed by atoms with Crippen LogP contribution in [0, 0.1) is 6.92 Å². The summed E-state index contributed by atoms with van der Waals surface area (Å²) >= 11 is 0. The monoisotopic (exact) mass is 393 g/mol. The summed E-state index contributed by atoms with van der Waals surface area (Å²) in [4.78, 5) is 38.1. The van der Waals surface area contributed by atoms with Crippen molar-refractivity contribution in [2.24, 2.45) is 0 Å². The molecule has 1 atom stereocenters.